The van der Waals surface area contributed by atoms with E-state index in [1.54, 1.807) is 13.8 Å². The molecule has 1 aliphatic heterocycles. The molecule has 1 unspecified atom stereocenters. The number of carbonyl (C=O) groups is 1. The van der Waals surface area contributed by atoms with Gasteiger partial charge in [-0.15, -0.1) is 0 Å². The summed E-state index contributed by atoms with van der Waals surface area (Å²) in [4.78, 5) is 10.9. The number of hydrogen-bond acceptors (Lipinski definition) is 4. The Balaban J connectivity index is 0.00000242. The van der Waals surface area contributed by atoms with Gasteiger partial charge in [-0.2, -0.15) is 13.2 Å². The summed E-state index contributed by atoms with van der Waals surface area (Å²) in [5.74, 6) is -1.88. The van der Waals surface area contributed by atoms with Crippen LogP contribution in [0.4, 0.5) is 13.2 Å². The molecule has 114 valence electrons. The van der Waals surface area contributed by atoms with Crippen LogP contribution in [0.1, 0.15) is 18.1 Å². The minimum Gasteiger partial charge on any atom is -0.545 e. The smallest absolute Gasteiger partial charge is 0.545 e. The summed E-state index contributed by atoms with van der Waals surface area (Å²) in [6.07, 6.45) is -6.52. The third-order valence-electron chi connectivity index (χ3n) is 2.89. The molecule has 0 spiro atoms. The SMILES string of the molecule is CCOc1cc(C)cc2c1OC(C(F)(F)F)C(C(=O)[O-])=C2.[Na+]. The van der Waals surface area contributed by atoms with E-state index in [1.165, 1.54) is 12.1 Å². The molecule has 8 heteroatoms. The first-order chi connectivity index (χ1) is 9.74. The molecule has 0 amide bonds. The number of carboxylic acids is 1. The van der Waals surface area contributed by atoms with Gasteiger partial charge in [0, 0.05) is 11.1 Å². The molecule has 1 aromatic rings. The number of hydrogen-bond donors (Lipinski definition) is 0. The third-order valence-corrected chi connectivity index (χ3v) is 2.89. The van der Waals surface area contributed by atoms with Crippen LogP contribution in [0.3, 0.4) is 0 Å². The van der Waals surface area contributed by atoms with Gasteiger partial charge in [0.2, 0.25) is 6.10 Å². The maximum Gasteiger partial charge on any atom is 1.00 e. The number of aryl methyl sites for hydroxylation is 1. The second-order valence-corrected chi connectivity index (χ2v) is 4.54. The van der Waals surface area contributed by atoms with Crippen LogP contribution in [0, 0.1) is 6.92 Å². The van der Waals surface area contributed by atoms with Crippen molar-refractivity contribution in [2.75, 3.05) is 6.61 Å². The zero-order valence-corrected chi connectivity index (χ0v) is 14.3. The predicted molar refractivity (Wildman–Crippen MR) is 65.8 cm³/mol. The van der Waals surface area contributed by atoms with Crippen LogP contribution >= 0.6 is 0 Å². The number of halogens is 3. The molecule has 1 heterocycles. The van der Waals surface area contributed by atoms with Crippen LogP contribution < -0.4 is 44.1 Å². The summed E-state index contributed by atoms with van der Waals surface area (Å²) in [6.45, 7) is 3.64. The average Bonchev–Trinajstić information content (AvgIpc) is 2.36. The average molecular weight is 324 g/mol. The van der Waals surface area contributed by atoms with Gasteiger partial charge in [-0.1, -0.05) is 0 Å². The van der Waals surface area contributed by atoms with Crippen LogP contribution in [0.15, 0.2) is 17.7 Å². The van der Waals surface area contributed by atoms with E-state index in [0.717, 1.165) is 6.08 Å². The van der Waals surface area contributed by atoms with Gasteiger partial charge in [0.15, 0.2) is 11.5 Å². The second kappa shape index (κ2) is 6.93. The topological polar surface area (TPSA) is 58.6 Å². The van der Waals surface area contributed by atoms with Crippen molar-refractivity contribution in [1.82, 2.24) is 0 Å². The first kappa shape index (κ1) is 18.9. The minimum absolute atomic E-state index is 0. The van der Waals surface area contributed by atoms with Crippen LogP contribution in [0.2, 0.25) is 0 Å². The Morgan fingerprint density at radius 1 is 1.41 bits per heavy atom. The number of rotatable bonds is 3. The molecule has 2 rings (SSSR count). The minimum atomic E-state index is -4.86. The number of carbonyl (C=O) groups excluding carboxylic acids is 1. The molecule has 0 N–H and O–H groups in total. The van der Waals surface area contributed by atoms with Crippen molar-refractivity contribution in [3.05, 3.63) is 28.8 Å². The molecular weight excluding hydrogens is 312 g/mol. The van der Waals surface area contributed by atoms with Gasteiger partial charge in [-0.25, -0.2) is 0 Å². The number of ether oxygens (including phenoxy) is 2. The molecule has 1 atom stereocenters. The Morgan fingerprint density at radius 3 is 2.55 bits per heavy atom. The van der Waals surface area contributed by atoms with E-state index in [-0.39, 0.29) is 53.2 Å². The van der Waals surface area contributed by atoms with Crippen molar-refractivity contribution in [2.24, 2.45) is 0 Å². The Morgan fingerprint density at radius 2 is 2.05 bits per heavy atom. The summed E-state index contributed by atoms with van der Waals surface area (Å²) in [5, 5.41) is 10.9. The summed E-state index contributed by atoms with van der Waals surface area (Å²) in [6, 6.07) is 3.06. The number of fused-ring (bicyclic) bond motifs is 1. The first-order valence-electron chi connectivity index (χ1n) is 6.17. The fourth-order valence-electron chi connectivity index (χ4n) is 2.10. The Hall–Kier alpha value is -1.18. The number of alkyl halides is 3. The predicted octanol–water partition coefficient (Wildman–Crippen LogP) is -1.15. The molecule has 0 radical (unpaired) electrons. The standard InChI is InChI=1S/C14H13F3O4.Na/c1-3-20-10-5-7(2)4-8-6-9(13(18)19)12(14(15,16)17)21-11(8)10;/h4-6,12H,3H2,1-2H3,(H,18,19);/q;+1/p-1. The van der Waals surface area contributed by atoms with Crippen LogP contribution in [0.5, 0.6) is 11.5 Å². The Bertz CT molecular complexity index is 611. The summed E-state index contributed by atoms with van der Waals surface area (Å²) < 4.78 is 49.0. The number of benzene rings is 1. The fraction of sp³-hybridized carbons (Fsp3) is 0.357. The van der Waals surface area contributed by atoms with E-state index >= 15 is 0 Å². The van der Waals surface area contributed by atoms with Gasteiger partial charge >= 0.3 is 35.7 Å². The molecular formula is C14H12F3NaO4. The van der Waals surface area contributed by atoms with Crippen molar-refractivity contribution in [2.45, 2.75) is 26.1 Å². The molecule has 4 nitrogen and oxygen atoms in total. The fourth-order valence-corrected chi connectivity index (χ4v) is 2.10. The quantitative estimate of drug-likeness (QED) is 0.659. The monoisotopic (exact) mass is 324 g/mol. The van der Waals surface area contributed by atoms with Crippen molar-refractivity contribution >= 4 is 12.0 Å². The molecule has 0 aromatic heterocycles. The maximum absolute atomic E-state index is 12.9. The zero-order chi connectivity index (χ0) is 15.8. The summed E-state index contributed by atoms with van der Waals surface area (Å²) in [5.41, 5.74) is -0.0265. The second-order valence-electron chi connectivity index (χ2n) is 4.54. The van der Waals surface area contributed by atoms with E-state index in [1.807, 2.05) is 0 Å². The van der Waals surface area contributed by atoms with Gasteiger partial charge in [0.25, 0.3) is 0 Å². The normalized spacial score (nSPS) is 16.8. The molecule has 1 aliphatic rings. The van der Waals surface area contributed by atoms with E-state index in [9.17, 15) is 23.1 Å². The Kier molecular flexibility index (Phi) is 5.95. The van der Waals surface area contributed by atoms with E-state index < -0.39 is 23.8 Å². The van der Waals surface area contributed by atoms with Gasteiger partial charge in [-0.3, -0.25) is 0 Å². The van der Waals surface area contributed by atoms with Gasteiger partial charge < -0.3 is 19.4 Å². The zero-order valence-electron chi connectivity index (χ0n) is 12.3. The van der Waals surface area contributed by atoms with Gasteiger partial charge in [-0.05, 0) is 37.6 Å². The molecule has 0 aliphatic carbocycles. The van der Waals surface area contributed by atoms with E-state index in [4.69, 9.17) is 9.47 Å². The van der Waals surface area contributed by atoms with Crippen LogP contribution in [-0.4, -0.2) is 24.9 Å². The van der Waals surface area contributed by atoms with Crippen molar-refractivity contribution < 1.29 is 62.1 Å². The molecule has 1 aromatic carbocycles. The summed E-state index contributed by atoms with van der Waals surface area (Å²) >= 11 is 0. The van der Waals surface area contributed by atoms with Gasteiger partial charge in [0.1, 0.15) is 0 Å². The first-order valence-corrected chi connectivity index (χ1v) is 6.17. The molecule has 0 bridgehead atoms. The van der Waals surface area contributed by atoms with E-state index in [2.05, 4.69) is 0 Å². The number of aliphatic carboxylic acids is 1. The molecule has 0 saturated carbocycles. The summed E-state index contributed by atoms with van der Waals surface area (Å²) in [7, 11) is 0. The third kappa shape index (κ3) is 3.77. The maximum atomic E-state index is 12.9. The molecule has 22 heavy (non-hydrogen) atoms. The van der Waals surface area contributed by atoms with Crippen molar-refractivity contribution in [1.29, 1.82) is 0 Å². The Labute approximate surface area is 147 Å². The van der Waals surface area contributed by atoms with Crippen LogP contribution in [-0.2, 0) is 4.79 Å². The van der Waals surface area contributed by atoms with Crippen LogP contribution in [0.25, 0.3) is 6.08 Å². The molecule has 0 fully saturated rings. The van der Waals surface area contributed by atoms with Gasteiger partial charge in [0.05, 0.1) is 12.6 Å². The largest absolute Gasteiger partial charge is 1.00 e. The molecule has 0 saturated heterocycles. The number of carboxylic acid groups (broad SMARTS) is 1. The van der Waals surface area contributed by atoms with E-state index in [0.29, 0.717) is 5.56 Å². The van der Waals surface area contributed by atoms with Crippen molar-refractivity contribution in [3.63, 3.8) is 0 Å². The van der Waals surface area contributed by atoms with Crippen molar-refractivity contribution in [3.8, 4) is 11.5 Å².